The summed E-state index contributed by atoms with van der Waals surface area (Å²) in [6, 6.07) is 6.40. The maximum atomic E-state index is 13.8. The molecule has 26 heavy (non-hydrogen) atoms. The monoisotopic (exact) mass is 376 g/mol. The van der Waals surface area contributed by atoms with Crippen molar-refractivity contribution >= 4 is 23.5 Å². The van der Waals surface area contributed by atoms with E-state index in [2.05, 4.69) is 15.1 Å². The molecule has 2 aromatic rings. The molecule has 1 saturated heterocycles. The molecule has 0 N–H and O–H groups in total. The highest BCUT2D eigenvalue weighted by molar-refractivity contribution is 8.00. The second kappa shape index (κ2) is 7.75. The fourth-order valence-corrected chi connectivity index (χ4v) is 4.52. The topological polar surface area (TPSA) is 60.3 Å². The van der Waals surface area contributed by atoms with E-state index in [-0.39, 0.29) is 16.9 Å². The smallest absolute Gasteiger partial charge is 0.232 e. The molecule has 2 aliphatic rings. The van der Waals surface area contributed by atoms with Crippen LogP contribution in [0.5, 0.6) is 0 Å². The van der Waals surface area contributed by atoms with Crippen molar-refractivity contribution in [1.82, 2.24) is 14.8 Å². The van der Waals surface area contributed by atoms with Gasteiger partial charge in [0, 0.05) is 19.5 Å². The molecule has 8 heteroatoms. The third-order valence-electron chi connectivity index (χ3n) is 4.72. The molecule has 0 spiro atoms. The number of benzene rings is 1. The van der Waals surface area contributed by atoms with Crippen LogP contribution in [-0.4, -0.2) is 52.1 Å². The maximum Gasteiger partial charge on any atom is 0.232 e. The Hall–Kier alpha value is -1.93. The molecule has 1 aliphatic carbocycles. The van der Waals surface area contributed by atoms with E-state index in [0.717, 1.165) is 19.3 Å². The van der Waals surface area contributed by atoms with Gasteiger partial charge in [0.1, 0.15) is 11.6 Å². The first-order valence-electron chi connectivity index (χ1n) is 8.96. The van der Waals surface area contributed by atoms with Gasteiger partial charge in [-0.3, -0.25) is 9.36 Å². The van der Waals surface area contributed by atoms with Crippen LogP contribution < -0.4 is 4.90 Å². The third-order valence-corrected chi connectivity index (χ3v) is 5.98. The van der Waals surface area contributed by atoms with Crippen molar-refractivity contribution in [3.8, 4) is 5.69 Å². The quantitative estimate of drug-likeness (QED) is 0.818. The summed E-state index contributed by atoms with van der Waals surface area (Å²) in [7, 11) is 0. The second-order valence-corrected chi connectivity index (χ2v) is 7.69. The van der Waals surface area contributed by atoms with Crippen molar-refractivity contribution in [2.45, 2.75) is 36.1 Å². The Kier molecular flexibility index (Phi) is 5.21. The molecule has 1 aromatic heterocycles. The van der Waals surface area contributed by atoms with Crippen LogP contribution in [0.25, 0.3) is 5.69 Å². The van der Waals surface area contributed by atoms with Crippen LogP contribution >= 0.6 is 11.8 Å². The lowest BCUT2D eigenvalue weighted by Gasteiger charge is -2.28. The van der Waals surface area contributed by atoms with Crippen molar-refractivity contribution in [3.63, 3.8) is 0 Å². The Bertz CT molecular complexity index is 791. The van der Waals surface area contributed by atoms with Gasteiger partial charge in [-0.2, -0.15) is 0 Å². The number of ether oxygens (including phenoxy) is 1. The molecule has 1 saturated carbocycles. The third kappa shape index (κ3) is 3.61. The molecule has 1 aliphatic heterocycles. The highest BCUT2D eigenvalue weighted by atomic mass is 32.2. The van der Waals surface area contributed by atoms with Gasteiger partial charge in [-0.25, -0.2) is 4.39 Å². The Morgan fingerprint density at radius 1 is 1.19 bits per heavy atom. The van der Waals surface area contributed by atoms with Gasteiger partial charge in [0.05, 0.1) is 24.2 Å². The summed E-state index contributed by atoms with van der Waals surface area (Å²) in [6.07, 6.45) is 3.49. The minimum absolute atomic E-state index is 0.0993. The van der Waals surface area contributed by atoms with Gasteiger partial charge in [-0.1, -0.05) is 24.2 Å². The number of Topliss-reactive ketones (excluding diaryl/α,β-unsaturated/α-hetero) is 1. The van der Waals surface area contributed by atoms with E-state index >= 15 is 0 Å². The van der Waals surface area contributed by atoms with Crippen LogP contribution in [0.15, 0.2) is 29.4 Å². The lowest BCUT2D eigenvalue weighted by atomic mass is 9.99. The predicted molar refractivity (Wildman–Crippen MR) is 97.5 cm³/mol. The molecule has 138 valence electrons. The van der Waals surface area contributed by atoms with Gasteiger partial charge in [-0.15, -0.1) is 10.2 Å². The van der Waals surface area contributed by atoms with Crippen LogP contribution in [0.1, 0.15) is 25.7 Å². The standard InChI is InChI=1S/C18H21FN4O2S/c19-13-4-3-5-14(12-13)23-17(22-8-10-25-11-9-22)20-21-18(23)26-16-7-2-1-6-15(16)24/h3-5,12,16H,1-2,6-11H2/t16-/m0/s1. The number of ketones is 1. The molecule has 1 aromatic carbocycles. The fraction of sp³-hybridized carbons (Fsp3) is 0.500. The summed E-state index contributed by atoms with van der Waals surface area (Å²) >= 11 is 1.44. The van der Waals surface area contributed by atoms with E-state index < -0.39 is 0 Å². The van der Waals surface area contributed by atoms with Crippen molar-refractivity contribution in [1.29, 1.82) is 0 Å². The second-order valence-electron chi connectivity index (χ2n) is 6.52. The first-order valence-corrected chi connectivity index (χ1v) is 9.84. The van der Waals surface area contributed by atoms with Gasteiger partial charge < -0.3 is 9.64 Å². The van der Waals surface area contributed by atoms with Crippen molar-refractivity contribution in [2.75, 3.05) is 31.2 Å². The van der Waals surface area contributed by atoms with Crippen LogP contribution in [0, 0.1) is 5.82 Å². The van der Waals surface area contributed by atoms with Crippen LogP contribution in [0.3, 0.4) is 0 Å². The van der Waals surface area contributed by atoms with Crippen LogP contribution in [-0.2, 0) is 9.53 Å². The lowest BCUT2D eigenvalue weighted by Crippen LogP contribution is -2.38. The minimum Gasteiger partial charge on any atom is -0.378 e. The normalized spacial score (nSPS) is 21.2. The maximum absolute atomic E-state index is 13.8. The Morgan fingerprint density at radius 2 is 2.04 bits per heavy atom. The van der Waals surface area contributed by atoms with E-state index in [4.69, 9.17) is 4.74 Å². The summed E-state index contributed by atoms with van der Waals surface area (Å²) in [5.74, 6) is 0.626. The summed E-state index contributed by atoms with van der Waals surface area (Å²) in [6.45, 7) is 2.67. The highest BCUT2D eigenvalue weighted by Crippen LogP contribution is 2.34. The molecule has 0 amide bonds. The van der Waals surface area contributed by atoms with Crippen molar-refractivity contribution < 1.29 is 13.9 Å². The SMILES string of the molecule is O=C1CCCC[C@@H]1Sc1nnc(N2CCOCC2)n1-c1cccc(F)c1. The molecular weight excluding hydrogens is 355 g/mol. The molecule has 6 nitrogen and oxygen atoms in total. The number of nitrogens with zero attached hydrogens (tertiary/aromatic N) is 4. The summed E-state index contributed by atoms with van der Waals surface area (Å²) in [5.41, 5.74) is 0.669. The zero-order valence-corrected chi connectivity index (χ0v) is 15.3. The molecule has 4 rings (SSSR count). The molecule has 2 heterocycles. The molecular formula is C18H21FN4O2S. The Labute approximate surface area is 155 Å². The van der Waals surface area contributed by atoms with E-state index in [1.54, 1.807) is 6.07 Å². The molecule has 1 atom stereocenters. The van der Waals surface area contributed by atoms with Crippen molar-refractivity contribution in [3.05, 3.63) is 30.1 Å². The van der Waals surface area contributed by atoms with E-state index in [0.29, 0.717) is 49.5 Å². The van der Waals surface area contributed by atoms with Gasteiger partial charge in [0.15, 0.2) is 5.16 Å². The van der Waals surface area contributed by atoms with Gasteiger partial charge >= 0.3 is 0 Å². The summed E-state index contributed by atoms with van der Waals surface area (Å²) in [5, 5.41) is 9.25. The largest absolute Gasteiger partial charge is 0.378 e. The lowest BCUT2D eigenvalue weighted by molar-refractivity contribution is -0.119. The first kappa shape index (κ1) is 17.5. The van der Waals surface area contributed by atoms with Crippen LogP contribution in [0.4, 0.5) is 10.3 Å². The summed E-state index contributed by atoms with van der Waals surface area (Å²) < 4.78 is 21.1. The Morgan fingerprint density at radius 3 is 2.81 bits per heavy atom. The zero-order valence-electron chi connectivity index (χ0n) is 14.4. The number of hydrogen-bond donors (Lipinski definition) is 0. The number of carbonyl (C=O) groups excluding carboxylic acids is 1. The first-order chi connectivity index (χ1) is 12.7. The number of aromatic nitrogens is 3. The predicted octanol–water partition coefficient (Wildman–Crippen LogP) is 2.85. The Balaban J connectivity index is 1.71. The van der Waals surface area contributed by atoms with E-state index in [1.807, 2.05) is 10.6 Å². The van der Waals surface area contributed by atoms with Gasteiger partial charge in [-0.05, 0) is 31.0 Å². The van der Waals surface area contributed by atoms with Crippen molar-refractivity contribution in [2.24, 2.45) is 0 Å². The number of carbonyl (C=O) groups is 1. The average Bonchev–Trinajstić information content (AvgIpc) is 3.08. The number of hydrogen-bond acceptors (Lipinski definition) is 6. The number of halogens is 1. The molecule has 0 radical (unpaired) electrons. The molecule has 2 fully saturated rings. The highest BCUT2D eigenvalue weighted by Gasteiger charge is 2.28. The zero-order chi connectivity index (χ0) is 17.9. The van der Waals surface area contributed by atoms with E-state index in [1.165, 1.54) is 23.9 Å². The number of morpholine rings is 1. The molecule has 0 bridgehead atoms. The average molecular weight is 376 g/mol. The fourth-order valence-electron chi connectivity index (χ4n) is 3.35. The van der Waals surface area contributed by atoms with Gasteiger partial charge in [0.25, 0.3) is 0 Å². The minimum atomic E-state index is -0.311. The van der Waals surface area contributed by atoms with E-state index in [9.17, 15) is 9.18 Å². The number of anilines is 1. The van der Waals surface area contributed by atoms with Crippen LogP contribution in [0.2, 0.25) is 0 Å². The molecule has 0 unspecified atom stereocenters. The number of rotatable bonds is 4. The number of thioether (sulfide) groups is 1. The van der Waals surface area contributed by atoms with Gasteiger partial charge in [0.2, 0.25) is 5.95 Å². The summed E-state index contributed by atoms with van der Waals surface area (Å²) in [4.78, 5) is 14.3.